The average Bonchev–Trinajstić information content (AvgIpc) is 3.09. The van der Waals surface area contributed by atoms with Crippen LogP contribution in [0.3, 0.4) is 0 Å². The predicted octanol–water partition coefficient (Wildman–Crippen LogP) is 6.13. The van der Waals surface area contributed by atoms with Crippen molar-refractivity contribution in [1.29, 1.82) is 0 Å². The van der Waals surface area contributed by atoms with Crippen LogP contribution in [0.15, 0.2) is 87.8 Å². The summed E-state index contributed by atoms with van der Waals surface area (Å²) in [6, 6.07) is 26.4. The van der Waals surface area contributed by atoms with E-state index < -0.39 is 0 Å². The Morgan fingerprint density at radius 2 is 1.24 bits per heavy atom. The summed E-state index contributed by atoms with van der Waals surface area (Å²) in [4.78, 5) is 0. The van der Waals surface area contributed by atoms with Crippen molar-refractivity contribution < 1.29 is 0 Å². The highest BCUT2D eigenvalue weighted by Gasteiger charge is 2.17. The Morgan fingerprint density at radius 3 is 1.88 bits per heavy atom. The van der Waals surface area contributed by atoms with Crippen LogP contribution in [0.5, 0.6) is 0 Å². The van der Waals surface area contributed by atoms with Gasteiger partial charge in [-0.15, -0.1) is 5.10 Å². The molecule has 122 valence electrons. The molecule has 0 aliphatic carbocycles. The van der Waals surface area contributed by atoms with Gasteiger partial charge in [-0.1, -0.05) is 79.5 Å². The third-order valence-corrected chi connectivity index (χ3v) is 4.96. The van der Waals surface area contributed by atoms with Crippen LogP contribution in [0.4, 0.5) is 0 Å². The van der Waals surface area contributed by atoms with E-state index in [0.717, 1.165) is 37.1 Å². The van der Waals surface area contributed by atoms with Crippen LogP contribution in [0.1, 0.15) is 0 Å². The van der Waals surface area contributed by atoms with Crippen molar-refractivity contribution in [3.05, 3.63) is 87.8 Å². The molecule has 0 aliphatic rings. The maximum atomic E-state index is 4.48. The van der Waals surface area contributed by atoms with Crippen molar-refractivity contribution in [1.82, 2.24) is 15.0 Å². The minimum Gasteiger partial charge on any atom is -0.212 e. The van der Waals surface area contributed by atoms with Gasteiger partial charge in [0.15, 0.2) is 0 Å². The maximum absolute atomic E-state index is 4.48. The van der Waals surface area contributed by atoms with E-state index in [2.05, 4.69) is 54.3 Å². The molecule has 4 aromatic rings. The summed E-state index contributed by atoms with van der Waals surface area (Å²) in [5.41, 5.74) is 4.92. The van der Waals surface area contributed by atoms with E-state index >= 15 is 0 Å². The van der Waals surface area contributed by atoms with E-state index in [4.69, 9.17) is 0 Å². The number of hydrogen-bond acceptors (Lipinski definition) is 2. The topological polar surface area (TPSA) is 30.7 Å². The molecule has 0 bridgehead atoms. The SMILES string of the molecule is Brc1ccc(-c2nnn(-c3ccc(Br)cc3)c2-c2ccccc2)cc1. The third kappa shape index (κ3) is 3.30. The first-order valence-electron chi connectivity index (χ1n) is 7.75. The molecular weight excluding hydrogens is 442 g/mol. The van der Waals surface area contributed by atoms with Gasteiger partial charge in [-0.2, -0.15) is 0 Å². The second-order valence-corrected chi connectivity index (χ2v) is 7.38. The standard InChI is InChI=1S/C20H13Br2N3/c21-16-8-6-14(7-9-16)19-20(15-4-2-1-3-5-15)25(24-23-19)18-12-10-17(22)11-13-18/h1-13H. The zero-order valence-corrected chi connectivity index (χ0v) is 16.3. The van der Waals surface area contributed by atoms with Gasteiger partial charge in [0.05, 0.1) is 5.69 Å². The second-order valence-electron chi connectivity index (χ2n) is 5.55. The lowest BCUT2D eigenvalue weighted by Crippen LogP contribution is -1.99. The van der Waals surface area contributed by atoms with Gasteiger partial charge in [-0.3, -0.25) is 0 Å². The Kier molecular flexibility index (Phi) is 4.51. The summed E-state index contributed by atoms with van der Waals surface area (Å²) < 4.78 is 3.96. The zero-order valence-electron chi connectivity index (χ0n) is 13.1. The molecule has 0 saturated heterocycles. The Bertz CT molecular complexity index is 929. The fourth-order valence-corrected chi connectivity index (χ4v) is 3.23. The van der Waals surface area contributed by atoms with E-state index in [0.29, 0.717) is 0 Å². The highest BCUT2D eigenvalue weighted by molar-refractivity contribution is 9.10. The number of hydrogen-bond donors (Lipinski definition) is 0. The van der Waals surface area contributed by atoms with Gasteiger partial charge in [-0.25, -0.2) is 4.68 Å². The number of halogens is 2. The van der Waals surface area contributed by atoms with Crippen LogP contribution in [0, 0.1) is 0 Å². The number of benzene rings is 3. The summed E-state index contributed by atoms with van der Waals surface area (Å²) in [5, 5.41) is 8.91. The highest BCUT2D eigenvalue weighted by atomic mass is 79.9. The molecule has 0 N–H and O–H groups in total. The number of nitrogens with zero attached hydrogens (tertiary/aromatic N) is 3. The molecule has 3 aromatic carbocycles. The summed E-state index contributed by atoms with van der Waals surface area (Å²) in [6.45, 7) is 0. The van der Waals surface area contributed by atoms with Crippen LogP contribution in [0.2, 0.25) is 0 Å². The van der Waals surface area contributed by atoms with Crippen molar-refractivity contribution >= 4 is 31.9 Å². The van der Waals surface area contributed by atoms with Crippen LogP contribution < -0.4 is 0 Å². The van der Waals surface area contributed by atoms with Crippen LogP contribution in [0.25, 0.3) is 28.2 Å². The molecular formula is C20H13Br2N3. The Labute approximate surface area is 162 Å². The van der Waals surface area contributed by atoms with E-state index in [1.165, 1.54) is 0 Å². The molecule has 0 saturated carbocycles. The van der Waals surface area contributed by atoms with Crippen molar-refractivity contribution in [3.8, 4) is 28.2 Å². The molecule has 25 heavy (non-hydrogen) atoms. The van der Waals surface area contributed by atoms with Gasteiger partial charge in [-0.05, 0) is 36.4 Å². The summed E-state index contributed by atoms with van der Waals surface area (Å²) in [5.74, 6) is 0. The highest BCUT2D eigenvalue weighted by Crippen LogP contribution is 2.32. The Hall–Kier alpha value is -2.24. The molecule has 0 atom stereocenters. The largest absolute Gasteiger partial charge is 0.212 e. The molecule has 0 fully saturated rings. The predicted molar refractivity (Wildman–Crippen MR) is 108 cm³/mol. The van der Waals surface area contributed by atoms with E-state index in [1.54, 1.807) is 0 Å². The summed E-state index contributed by atoms with van der Waals surface area (Å²) in [6.07, 6.45) is 0. The van der Waals surface area contributed by atoms with Gasteiger partial charge in [0, 0.05) is 20.1 Å². The number of rotatable bonds is 3. The van der Waals surface area contributed by atoms with Gasteiger partial charge in [0.25, 0.3) is 0 Å². The van der Waals surface area contributed by atoms with Gasteiger partial charge >= 0.3 is 0 Å². The first-order valence-corrected chi connectivity index (χ1v) is 9.34. The smallest absolute Gasteiger partial charge is 0.121 e. The second kappa shape index (κ2) is 6.94. The van der Waals surface area contributed by atoms with Gasteiger partial charge in [0.2, 0.25) is 0 Å². The van der Waals surface area contributed by atoms with Crippen LogP contribution in [-0.2, 0) is 0 Å². The molecule has 1 heterocycles. The van der Waals surface area contributed by atoms with Crippen molar-refractivity contribution in [3.63, 3.8) is 0 Å². The summed E-state index contributed by atoms with van der Waals surface area (Å²) in [7, 11) is 0. The fraction of sp³-hybridized carbons (Fsp3) is 0. The number of aromatic nitrogens is 3. The maximum Gasteiger partial charge on any atom is 0.121 e. The quantitative estimate of drug-likeness (QED) is 0.373. The van der Waals surface area contributed by atoms with Crippen molar-refractivity contribution in [2.24, 2.45) is 0 Å². The monoisotopic (exact) mass is 453 g/mol. The van der Waals surface area contributed by atoms with Crippen molar-refractivity contribution in [2.75, 3.05) is 0 Å². The van der Waals surface area contributed by atoms with Crippen LogP contribution in [-0.4, -0.2) is 15.0 Å². The first-order chi connectivity index (χ1) is 12.2. The lowest BCUT2D eigenvalue weighted by Gasteiger charge is -2.09. The molecule has 0 spiro atoms. The Balaban J connectivity index is 1.94. The molecule has 0 unspecified atom stereocenters. The lowest BCUT2D eigenvalue weighted by atomic mass is 10.0. The van der Waals surface area contributed by atoms with E-state index in [-0.39, 0.29) is 0 Å². The molecule has 0 radical (unpaired) electrons. The summed E-state index contributed by atoms with van der Waals surface area (Å²) >= 11 is 6.96. The Morgan fingerprint density at radius 1 is 0.640 bits per heavy atom. The van der Waals surface area contributed by atoms with Gasteiger partial charge < -0.3 is 0 Å². The molecule has 0 amide bonds. The average molecular weight is 455 g/mol. The minimum absolute atomic E-state index is 0.863. The third-order valence-electron chi connectivity index (χ3n) is 3.91. The molecule has 4 rings (SSSR count). The van der Waals surface area contributed by atoms with E-state index in [9.17, 15) is 0 Å². The zero-order chi connectivity index (χ0) is 17.2. The molecule has 1 aromatic heterocycles. The normalized spacial score (nSPS) is 10.8. The molecule has 3 nitrogen and oxygen atoms in total. The minimum atomic E-state index is 0.863. The molecule has 0 aliphatic heterocycles. The van der Waals surface area contributed by atoms with Gasteiger partial charge in [0.1, 0.15) is 11.4 Å². The fourth-order valence-electron chi connectivity index (χ4n) is 2.70. The molecule has 5 heteroatoms. The van der Waals surface area contributed by atoms with Crippen molar-refractivity contribution in [2.45, 2.75) is 0 Å². The first kappa shape index (κ1) is 16.2. The van der Waals surface area contributed by atoms with E-state index in [1.807, 2.05) is 71.4 Å². The lowest BCUT2D eigenvalue weighted by molar-refractivity contribution is 0.808. The van der Waals surface area contributed by atoms with Crippen LogP contribution >= 0.6 is 31.9 Å².